The van der Waals surface area contributed by atoms with Gasteiger partial charge in [-0.3, -0.25) is 0 Å². The van der Waals surface area contributed by atoms with E-state index in [2.05, 4.69) is 10.5 Å². The van der Waals surface area contributed by atoms with E-state index in [1.165, 1.54) is 4.90 Å². The molecule has 2 aromatic rings. The van der Waals surface area contributed by atoms with Gasteiger partial charge < -0.3 is 24.2 Å². The van der Waals surface area contributed by atoms with Gasteiger partial charge in [0.15, 0.2) is 0 Å². The second kappa shape index (κ2) is 8.55. The molecule has 1 aromatic heterocycles. The van der Waals surface area contributed by atoms with Crippen LogP contribution in [0.4, 0.5) is 13.6 Å². The van der Waals surface area contributed by atoms with Gasteiger partial charge in [-0.25, -0.2) is 13.6 Å². The predicted molar refractivity (Wildman–Crippen MR) is 95.9 cm³/mol. The maximum atomic E-state index is 14.3. The second-order valence-electron chi connectivity index (χ2n) is 6.76. The fraction of sp³-hybridized carbons (Fsp3) is 0.474. The summed E-state index contributed by atoms with van der Waals surface area (Å²) in [6.07, 6.45) is -0.591. The van der Waals surface area contributed by atoms with Gasteiger partial charge in [-0.1, -0.05) is 5.16 Å². The Hall–Kier alpha value is -2.68. The lowest BCUT2D eigenvalue weighted by molar-refractivity contribution is 0.0744. The summed E-state index contributed by atoms with van der Waals surface area (Å²) in [6.45, 7) is 6.74. The van der Waals surface area contributed by atoms with E-state index < -0.39 is 24.3 Å². The van der Waals surface area contributed by atoms with Gasteiger partial charge in [0.1, 0.15) is 36.4 Å². The molecule has 3 rings (SSSR count). The van der Waals surface area contributed by atoms with Crippen molar-refractivity contribution in [1.29, 1.82) is 0 Å². The van der Waals surface area contributed by atoms with Crippen LogP contribution in [0.5, 0.6) is 5.75 Å². The molecule has 28 heavy (non-hydrogen) atoms. The van der Waals surface area contributed by atoms with Crippen molar-refractivity contribution in [3.8, 4) is 5.75 Å². The first-order valence-electron chi connectivity index (χ1n) is 9.03. The number of hydrogen-bond acceptors (Lipinski definition) is 6. The second-order valence-corrected chi connectivity index (χ2v) is 6.76. The minimum Gasteiger partial charge on any atom is -0.488 e. The first-order valence-corrected chi connectivity index (χ1v) is 9.03. The van der Waals surface area contributed by atoms with Crippen molar-refractivity contribution in [3.05, 3.63) is 46.3 Å². The molecular weight excluding hydrogens is 372 g/mol. The number of piperazine rings is 1. The highest BCUT2D eigenvalue weighted by Gasteiger charge is 2.25. The lowest BCUT2D eigenvalue weighted by atomic mass is 10.2. The number of nitrogens with one attached hydrogen (secondary N) is 1. The fourth-order valence-electron chi connectivity index (χ4n) is 2.99. The lowest BCUT2D eigenvalue weighted by Gasteiger charge is -2.33. The van der Waals surface area contributed by atoms with Crippen LogP contribution < -0.4 is 10.1 Å². The minimum atomic E-state index is -0.838. The van der Waals surface area contributed by atoms with Gasteiger partial charge in [-0.05, 0) is 20.8 Å². The molecule has 1 saturated heterocycles. The van der Waals surface area contributed by atoms with Gasteiger partial charge in [-0.2, -0.15) is 0 Å². The highest BCUT2D eigenvalue weighted by Crippen LogP contribution is 2.24. The number of amides is 1. The molecule has 0 spiro atoms. The van der Waals surface area contributed by atoms with Crippen molar-refractivity contribution in [3.63, 3.8) is 0 Å². The maximum Gasteiger partial charge on any atom is 0.410 e. The number of carbonyl (C=O) groups excluding carboxylic acids is 1. The van der Waals surface area contributed by atoms with Crippen molar-refractivity contribution in [2.24, 2.45) is 0 Å². The van der Waals surface area contributed by atoms with Gasteiger partial charge in [0.25, 0.3) is 0 Å². The van der Waals surface area contributed by atoms with Crippen LogP contribution in [-0.2, 0) is 18.0 Å². The Labute approximate surface area is 161 Å². The molecule has 7 nitrogen and oxygen atoms in total. The summed E-state index contributed by atoms with van der Waals surface area (Å²) in [7, 11) is 0. The van der Waals surface area contributed by atoms with Crippen LogP contribution in [0.3, 0.4) is 0 Å². The Morgan fingerprint density at radius 1 is 1.29 bits per heavy atom. The SMILES string of the molecule is Cc1noc(C)c1COc1cc(F)c(COC(=O)N2CCNC[C@@H]2C)c(F)c1. The maximum absolute atomic E-state index is 14.3. The molecule has 2 heterocycles. The van der Waals surface area contributed by atoms with Crippen molar-refractivity contribution >= 4 is 6.09 Å². The molecule has 0 radical (unpaired) electrons. The quantitative estimate of drug-likeness (QED) is 0.839. The van der Waals surface area contributed by atoms with Crippen molar-refractivity contribution in [2.45, 2.75) is 40.0 Å². The average molecular weight is 395 g/mol. The number of ether oxygens (including phenoxy) is 2. The summed E-state index contributed by atoms with van der Waals surface area (Å²) in [5, 5.41) is 6.96. The number of aromatic nitrogens is 1. The van der Waals surface area contributed by atoms with Crippen molar-refractivity contribution in [1.82, 2.24) is 15.4 Å². The Morgan fingerprint density at radius 3 is 2.61 bits per heavy atom. The predicted octanol–water partition coefficient (Wildman–Crippen LogP) is 3.08. The van der Waals surface area contributed by atoms with Gasteiger partial charge in [0, 0.05) is 37.8 Å². The molecule has 0 bridgehead atoms. The first-order chi connectivity index (χ1) is 13.4. The minimum absolute atomic E-state index is 0.0285. The number of hydrogen-bond donors (Lipinski definition) is 1. The molecule has 1 amide bonds. The highest BCUT2D eigenvalue weighted by molar-refractivity contribution is 5.68. The molecule has 1 atom stereocenters. The van der Waals surface area contributed by atoms with Gasteiger partial charge in [-0.15, -0.1) is 0 Å². The summed E-state index contributed by atoms with van der Waals surface area (Å²) in [6, 6.07) is 2.09. The summed E-state index contributed by atoms with van der Waals surface area (Å²) < 4.78 is 44.3. The zero-order chi connectivity index (χ0) is 20.3. The average Bonchev–Trinajstić information content (AvgIpc) is 2.97. The lowest BCUT2D eigenvalue weighted by Crippen LogP contribution is -2.52. The van der Waals surface area contributed by atoms with Crippen LogP contribution >= 0.6 is 0 Å². The van der Waals surface area contributed by atoms with Crippen LogP contribution in [-0.4, -0.2) is 41.8 Å². The number of nitrogens with zero attached hydrogens (tertiary/aromatic N) is 2. The van der Waals surface area contributed by atoms with Crippen LogP contribution in [0.2, 0.25) is 0 Å². The molecule has 0 unspecified atom stereocenters. The third-order valence-corrected chi connectivity index (χ3v) is 4.75. The van der Waals surface area contributed by atoms with Gasteiger partial charge >= 0.3 is 6.09 Å². The normalized spacial score (nSPS) is 16.9. The van der Waals surface area contributed by atoms with Crippen LogP contribution in [0.1, 0.15) is 29.5 Å². The monoisotopic (exact) mass is 395 g/mol. The third-order valence-electron chi connectivity index (χ3n) is 4.75. The number of aryl methyl sites for hydroxylation is 2. The Balaban J connectivity index is 1.62. The molecule has 0 saturated carbocycles. The van der Waals surface area contributed by atoms with E-state index in [0.717, 1.165) is 17.7 Å². The van der Waals surface area contributed by atoms with E-state index in [1.54, 1.807) is 13.8 Å². The van der Waals surface area contributed by atoms with Gasteiger partial charge in [0.05, 0.1) is 16.8 Å². The molecule has 1 aromatic carbocycles. The van der Waals surface area contributed by atoms with Crippen LogP contribution in [0, 0.1) is 25.5 Å². The summed E-state index contributed by atoms with van der Waals surface area (Å²) >= 11 is 0. The molecule has 1 fully saturated rings. The van der Waals surface area contributed by atoms with E-state index in [4.69, 9.17) is 14.0 Å². The summed E-state index contributed by atoms with van der Waals surface area (Å²) in [5.41, 5.74) is 1.06. The molecule has 1 aliphatic heterocycles. The molecular formula is C19H23F2N3O4. The van der Waals surface area contributed by atoms with Crippen molar-refractivity contribution in [2.75, 3.05) is 19.6 Å². The zero-order valence-electron chi connectivity index (χ0n) is 16.1. The highest BCUT2D eigenvalue weighted by atomic mass is 19.1. The molecule has 0 aliphatic carbocycles. The number of carbonyl (C=O) groups is 1. The Kier molecular flexibility index (Phi) is 6.13. The van der Waals surface area contributed by atoms with E-state index in [-0.39, 0.29) is 24.0 Å². The van der Waals surface area contributed by atoms with Crippen LogP contribution in [0.15, 0.2) is 16.7 Å². The van der Waals surface area contributed by atoms with Crippen LogP contribution in [0.25, 0.3) is 0 Å². The smallest absolute Gasteiger partial charge is 0.410 e. The Morgan fingerprint density at radius 2 is 2.00 bits per heavy atom. The van der Waals surface area contributed by atoms with Gasteiger partial charge in [0.2, 0.25) is 0 Å². The van der Waals surface area contributed by atoms with E-state index in [1.807, 2.05) is 6.92 Å². The molecule has 152 valence electrons. The molecule has 1 N–H and O–H groups in total. The van der Waals surface area contributed by atoms with E-state index in [9.17, 15) is 13.6 Å². The first kappa shape index (κ1) is 20.1. The number of halogens is 2. The summed E-state index contributed by atoms with van der Waals surface area (Å²) in [5.74, 6) is -1.06. The molecule has 9 heteroatoms. The Bertz CT molecular complexity index is 813. The zero-order valence-corrected chi connectivity index (χ0v) is 16.1. The number of rotatable bonds is 5. The van der Waals surface area contributed by atoms with E-state index >= 15 is 0 Å². The summed E-state index contributed by atoms with van der Waals surface area (Å²) in [4.78, 5) is 13.7. The van der Waals surface area contributed by atoms with Crippen molar-refractivity contribution < 1.29 is 27.6 Å². The fourth-order valence-corrected chi connectivity index (χ4v) is 2.99. The third kappa shape index (κ3) is 4.41. The van der Waals surface area contributed by atoms with E-state index in [0.29, 0.717) is 31.1 Å². The topological polar surface area (TPSA) is 76.8 Å². The standard InChI is InChI=1S/C19H23F2N3O4/c1-11-8-22-4-5-24(11)19(25)27-10-16-17(20)6-14(7-18(16)21)26-9-15-12(2)23-28-13(15)3/h6-7,11,22H,4-5,8-10H2,1-3H3/t11-/m0/s1. The largest absolute Gasteiger partial charge is 0.488 e. The number of benzene rings is 1. The molecule has 1 aliphatic rings.